The number of hydrogen-bond donors (Lipinski definition) is 0. The fourth-order valence-electron chi connectivity index (χ4n) is 3.21. The molecule has 0 spiro atoms. The van der Waals surface area contributed by atoms with Crippen molar-refractivity contribution < 1.29 is 28.5 Å². The number of benzene rings is 1. The Balaban J connectivity index is 1.92. The SMILES string of the molecule is COC(c1ccnc(C)c1OC(=O)c1ccccc1OC(C)=O)N1CCOCC1. The molecule has 1 aromatic carbocycles. The summed E-state index contributed by atoms with van der Waals surface area (Å²) < 4.78 is 22.0. The van der Waals surface area contributed by atoms with Crippen LogP contribution in [0.15, 0.2) is 36.5 Å². The zero-order chi connectivity index (χ0) is 20.8. The monoisotopic (exact) mass is 400 g/mol. The minimum atomic E-state index is -0.643. The van der Waals surface area contributed by atoms with E-state index in [1.165, 1.54) is 6.92 Å². The molecule has 3 rings (SSSR count). The molecule has 8 nitrogen and oxygen atoms in total. The Hall–Kier alpha value is -2.81. The predicted molar refractivity (Wildman–Crippen MR) is 104 cm³/mol. The lowest BCUT2D eigenvalue weighted by Gasteiger charge is -2.34. The summed E-state index contributed by atoms with van der Waals surface area (Å²) in [6, 6.07) is 8.21. The number of hydrogen-bond acceptors (Lipinski definition) is 8. The van der Waals surface area contributed by atoms with Crippen LogP contribution in [0.1, 0.15) is 34.8 Å². The second-order valence-corrected chi connectivity index (χ2v) is 6.53. The Labute approximate surface area is 169 Å². The zero-order valence-corrected chi connectivity index (χ0v) is 16.7. The van der Waals surface area contributed by atoms with Gasteiger partial charge in [0.1, 0.15) is 17.5 Å². The Morgan fingerprint density at radius 2 is 1.86 bits per heavy atom. The maximum absolute atomic E-state index is 12.9. The van der Waals surface area contributed by atoms with Crippen LogP contribution in [0, 0.1) is 6.92 Å². The Kier molecular flexibility index (Phi) is 6.92. The lowest BCUT2D eigenvalue weighted by Crippen LogP contribution is -2.40. The molecular formula is C21H24N2O6. The molecule has 0 saturated carbocycles. The van der Waals surface area contributed by atoms with Gasteiger partial charge in [-0.1, -0.05) is 12.1 Å². The lowest BCUT2D eigenvalue weighted by molar-refractivity contribution is -0.131. The van der Waals surface area contributed by atoms with Crippen molar-refractivity contribution in [2.24, 2.45) is 0 Å². The van der Waals surface area contributed by atoms with Crippen LogP contribution in [-0.2, 0) is 14.3 Å². The van der Waals surface area contributed by atoms with Crippen LogP contribution in [0.3, 0.4) is 0 Å². The summed E-state index contributed by atoms with van der Waals surface area (Å²) in [5, 5.41) is 0. The number of pyridine rings is 1. The van der Waals surface area contributed by atoms with Gasteiger partial charge in [0.2, 0.25) is 0 Å². The van der Waals surface area contributed by atoms with Gasteiger partial charge in [-0.3, -0.25) is 14.7 Å². The van der Waals surface area contributed by atoms with E-state index in [0.29, 0.717) is 43.3 Å². The van der Waals surface area contributed by atoms with Gasteiger partial charge in [-0.2, -0.15) is 0 Å². The molecule has 1 saturated heterocycles. The topological polar surface area (TPSA) is 87.2 Å². The Morgan fingerprint density at radius 3 is 2.55 bits per heavy atom. The fraction of sp³-hybridized carbons (Fsp3) is 0.381. The maximum atomic E-state index is 12.9. The molecule has 154 valence electrons. The molecule has 29 heavy (non-hydrogen) atoms. The quantitative estimate of drug-likeness (QED) is 0.540. The van der Waals surface area contributed by atoms with Crippen molar-refractivity contribution in [2.75, 3.05) is 33.4 Å². The van der Waals surface area contributed by atoms with Crippen LogP contribution in [0.5, 0.6) is 11.5 Å². The van der Waals surface area contributed by atoms with Gasteiger partial charge in [0, 0.05) is 38.9 Å². The summed E-state index contributed by atoms with van der Waals surface area (Å²) in [7, 11) is 1.61. The standard InChI is InChI=1S/C21H24N2O6/c1-14-19(29-21(25)16-6-4-5-7-18(16)28-15(2)24)17(8-9-22-14)20(26-3)23-10-12-27-13-11-23/h4-9,20H,10-13H2,1-3H3. The third kappa shape index (κ3) is 4.97. The average Bonchev–Trinajstić information content (AvgIpc) is 2.71. The first-order valence-electron chi connectivity index (χ1n) is 9.31. The van der Waals surface area contributed by atoms with Crippen molar-refractivity contribution in [2.45, 2.75) is 20.1 Å². The van der Waals surface area contributed by atoms with Crippen molar-refractivity contribution >= 4 is 11.9 Å². The second kappa shape index (κ2) is 9.60. The van der Waals surface area contributed by atoms with Crippen LogP contribution in [0.25, 0.3) is 0 Å². The van der Waals surface area contributed by atoms with Gasteiger partial charge in [-0.05, 0) is 25.1 Å². The summed E-state index contributed by atoms with van der Waals surface area (Å²) in [4.78, 5) is 30.6. The molecule has 0 N–H and O–H groups in total. The van der Waals surface area contributed by atoms with E-state index in [1.54, 1.807) is 50.6 Å². The van der Waals surface area contributed by atoms with Gasteiger partial charge >= 0.3 is 11.9 Å². The smallest absolute Gasteiger partial charge is 0.347 e. The van der Waals surface area contributed by atoms with Crippen molar-refractivity contribution in [3.8, 4) is 11.5 Å². The molecule has 1 aliphatic heterocycles. The Bertz CT molecular complexity index is 879. The first-order chi connectivity index (χ1) is 14.0. The molecule has 2 heterocycles. The number of carbonyl (C=O) groups is 2. The van der Waals surface area contributed by atoms with Crippen molar-refractivity contribution in [1.29, 1.82) is 0 Å². The highest BCUT2D eigenvalue weighted by Crippen LogP contribution is 2.33. The average molecular weight is 400 g/mol. The third-order valence-corrected chi connectivity index (χ3v) is 4.54. The normalized spacial score (nSPS) is 15.6. The number of aromatic nitrogens is 1. The molecule has 2 aromatic rings. The van der Waals surface area contributed by atoms with Gasteiger partial charge in [0.05, 0.1) is 18.9 Å². The van der Waals surface area contributed by atoms with Crippen molar-refractivity contribution in [1.82, 2.24) is 9.88 Å². The molecule has 0 radical (unpaired) electrons. The summed E-state index contributed by atoms with van der Waals surface area (Å²) in [6.45, 7) is 5.64. The van der Waals surface area contributed by atoms with Crippen LogP contribution >= 0.6 is 0 Å². The number of carbonyl (C=O) groups excluding carboxylic acids is 2. The number of morpholine rings is 1. The lowest BCUT2D eigenvalue weighted by atomic mass is 10.1. The van der Waals surface area contributed by atoms with Gasteiger partial charge in [0.25, 0.3) is 0 Å². The van der Waals surface area contributed by atoms with Crippen LogP contribution in [0.4, 0.5) is 0 Å². The van der Waals surface area contributed by atoms with E-state index in [2.05, 4.69) is 9.88 Å². The highest BCUT2D eigenvalue weighted by atomic mass is 16.6. The van der Waals surface area contributed by atoms with E-state index in [9.17, 15) is 9.59 Å². The molecular weight excluding hydrogens is 376 g/mol. The molecule has 1 aliphatic rings. The molecule has 1 fully saturated rings. The number of methoxy groups -OCH3 is 1. The van der Waals surface area contributed by atoms with Gasteiger partial charge < -0.3 is 18.9 Å². The van der Waals surface area contributed by atoms with E-state index in [0.717, 1.165) is 0 Å². The molecule has 0 bridgehead atoms. The van der Waals surface area contributed by atoms with Gasteiger partial charge in [0.15, 0.2) is 5.75 Å². The second-order valence-electron chi connectivity index (χ2n) is 6.53. The largest absolute Gasteiger partial charge is 0.426 e. The highest BCUT2D eigenvalue weighted by Gasteiger charge is 2.28. The number of para-hydroxylation sites is 1. The van der Waals surface area contributed by atoms with E-state index < -0.39 is 18.2 Å². The summed E-state index contributed by atoms with van der Waals surface area (Å²) in [5.41, 5.74) is 1.40. The predicted octanol–water partition coefficient (Wildman–Crippen LogP) is 2.51. The molecule has 0 aliphatic carbocycles. The molecule has 1 aromatic heterocycles. The fourth-order valence-corrected chi connectivity index (χ4v) is 3.21. The van der Waals surface area contributed by atoms with Crippen LogP contribution in [-0.4, -0.2) is 55.2 Å². The van der Waals surface area contributed by atoms with E-state index in [4.69, 9.17) is 18.9 Å². The first kappa shape index (κ1) is 20.9. The van der Waals surface area contributed by atoms with Gasteiger partial charge in [-0.25, -0.2) is 4.79 Å². The maximum Gasteiger partial charge on any atom is 0.347 e. The van der Waals surface area contributed by atoms with Crippen molar-refractivity contribution in [3.63, 3.8) is 0 Å². The number of ether oxygens (including phenoxy) is 4. The van der Waals surface area contributed by atoms with Crippen LogP contribution < -0.4 is 9.47 Å². The highest BCUT2D eigenvalue weighted by molar-refractivity contribution is 5.95. The molecule has 1 unspecified atom stereocenters. The number of nitrogens with zero attached hydrogens (tertiary/aromatic N) is 2. The summed E-state index contributed by atoms with van der Waals surface area (Å²) in [6.07, 6.45) is 1.24. The zero-order valence-electron chi connectivity index (χ0n) is 16.7. The summed E-state index contributed by atoms with van der Waals surface area (Å²) in [5.74, 6) is -0.690. The third-order valence-electron chi connectivity index (χ3n) is 4.54. The van der Waals surface area contributed by atoms with E-state index >= 15 is 0 Å². The molecule has 0 amide bonds. The van der Waals surface area contributed by atoms with Crippen molar-refractivity contribution in [3.05, 3.63) is 53.3 Å². The minimum Gasteiger partial charge on any atom is -0.426 e. The number of esters is 2. The number of rotatable bonds is 6. The first-order valence-corrected chi connectivity index (χ1v) is 9.31. The molecule has 8 heteroatoms. The minimum absolute atomic E-state index is 0.143. The number of aryl methyl sites for hydroxylation is 1. The van der Waals surface area contributed by atoms with Gasteiger partial charge in [-0.15, -0.1) is 0 Å². The molecule has 1 atom stereocenters. The van der Waals surface area contributed by atoms with Crippen LogP contribution in [0.2, 0.25) is 0 Å². The van der Waals surface area contributed by atoms with E-state index in [-0.39, 0.29) is 11.3 Å². The Morgan fingerprint density at radius 1 is 1.14 bits per heavy atom. The summed E-state index contributed by atoms with van der Waals surface area (Å²) >= 11 is 0. The van der Waals surface area contributed by atoms with E-state index in [1.807, 2.05) is 0 Å².